The molecule has 1 amide bonds. The largest absolute Gasteiger partial charge is 0.365 e. The van der Waals surface area contributed by atoms with Crippen LogP contribution in [-0.2, 0) is 9.53 Å². The smallest absolute Gasteiger partial charge is 0.251 e. The number of piperidine rings is 1. The maximum atomic E-state index is 13.2. The van der Waals surface area contributed by atoms with Crippen LogP contribution in [0.4, 0.5) is 0 Å². The number of hydrogen-bond donors (Lipinski definition) is 1. The number of ether oxygens (including phenoxy) is 1. The fraction of sp³-hybridized carbons (Fsp3) is 0.682. The molecule has 1 aliphatic carbocycles. The van der Waals surface area contributed by atoms with Gasteiger partial charge in [0.15, 0.2) is 6.10 Å². The number of amides is 1. The first kappa shape index (κ1) is 18.9. The third-order valence-corrected chi connectivity index (χ3v) is 6.55. The van der Waals surface area contributed by atoms with E-state index in [2.05, 4.69) is 46.4 Å². The molecule has 148 valence electrons. The Kier molecular flexibility index (Phi) is 6.11. The molecular weight excluding hydrogens is 338 g/mol. The molecule has 27 heavy (non-hydrogen) atoms. The van der Waals surface area contributed by atoms with Gasteiger partial charge in [-0.3, -0.25) is 9.69 Å². The second-order valence-corrected chi connectivity index (χ2v) is 8.41. The van der Waals surface area contributed by atoms with Crippen LogP contribution in [-0.4, -0.2) is 67.2 Å². The molecule has 0 radical (unpaired) electrons. The minimum atomic E-state index is -0.415. The average molecular weight is 372 g/mol. The highest BCUT2D eigenvalue weighted by atomic mass is 16.5. The van der Waals surface area contributed by atoms with Gasteiger partial charge in [0.05, 0.1) is 12.6 Å². The van der Waals surface area contributed by atoms with Crippen LogP contribution in [0.5, 0.6) is 0 Å². The Bertz CT molecular complexity index is 609. The molecule has 5 nitrogen and oxygen atoms in total. The number of carbonyl (C=O) groups excluding carboxylic acids is 1. The van der Waals surface area contributed by atoms with Gasteiger partial charge in [-0.1, -0.05) is 43.2 Å². The molecule has 1 N–H and O–H groups in total. The molecule has 3 aliphatic rings. The minimum Gasteiger partial charge on any atom is -0.365 e. The molecule has 1 saturated carbocycles. The van der Waals surface area contributed by atoms with E-state index < -0.39 is 6.10 Å². The van der Waals surface area contributed by atoms with Crippen molar-refractivity contribution >= 4 is 5.91 Å². The Labute approximate surface area is 163 Å². The Hall–Kier alpha value is -1.43. The monoisotopic (exact) mass is 371 g/mol. The van der Waals surface area contributed by atoms with Crippen LogP contribution in [0, 0.1) is 0 Å². The Morgan fingerprint density at radius 1 is 1.04 bits per heavy atom. The van der Waals surface area contributed by atoms with E-state index in [-0.39, 0.29) is 18.0 Å². The molecule has 1 aromatic carbocycles. The lowest BCUT2D eigenvalue weighted by Gasteiger charge is -2.44. The molecule has 0 bridgehead atoms. The lowest BCUT2D eigenvalue weighted by molar-refractivity contribution is -0.149. The molecule has 2 atom stereocenters. The van der Waals surface area contributed by atoms with E-state index in [9.17, 15) is 4.79 Å². The van der Waals surface area contributed by atoms with E-state index in [0.29, 0.717) is 12.6 Å². The molecule has 0 spiro atoms. The van der Waals surface area contributed by atoms with Crippen LogP contribution in [0.2, 0.25) is 0 Å². The summed E-state index contributed by atoms with van der Waals surface area (Å²) in [5.41, 5.74) is 1.20. The standard InChI is InChI=1S/C22H33N3O2/c1-24-13-11-18(12-14-24)23-22(26)21-20(17-7-3-2-4-8-17)25(15-16-27-21)19-9-5-6-10-19/h2-4,7-8,18-21H,5-6,9-16H2,1H3,(H,23,26)/t20-,21+/m0/s1. The highest BCUT2D eigenvalue weighted by molar-refractivity contribution is 5.82. The van der Waals surface area contributed by atoms with E-state index >= 15 is 0 Å². The van der Waals surface area contributed by atoms with E-state index in [1.807, 2.05) is 6.07 Å². The highest BCUT2D eigenvalue weighted by Gasteiger charge is 2.42. The Morgan fingerprint density at radius 3 is 2.44 bits per heavy atom. The number of carbonyl (C=O) groups is 1. The summed E-state index contributed by atoms with van der Waals surface area (Å²) < 4.78 is 6.10. The van der Waals surface area contributed by atoms with Crippen LogP contribution in [0.25, 0.3) is 0 Å². The number of rotatable bonds is 4. The van der Waals surface area contributed by atoms with Crippen molar-refractivity contribution in [2.45, 2.75) is 62.8 Å². The van der Waals surface area contributed by atoms with E-state index in [1.165, 1.54) is 31.2 Å². The van der Waals surface area contributed by atoms with Crippen molar-refractivity contribution < 1.29 is 9.53 Å². The van der Waals surface area contributed by atoms with Crippen molar-refractivity contribution in [3.05, 3.63) is 35.9 Å². The van der Waals surface area contributed by atoms with Crippen LogP contribution in [0.15, 0.2) is 30.3 Å². The summed E-state index contributed by atoms with van der Waals surface area (Å²) in [4.78, 5) is 18.1. The quantitative estimate of drug-likeness (QED) is 0.884. The first-order valence-electron chi connectivity index (χ1n) is 10.6. The maximum Gasteiger partial charge on any atom is 0.251 e. The van der Waals surface area contributed by atoms with Crippen LogP contribution in [0.3, 0.4) is 0 Å². The zero-order chi connectivity index (χ0) is 18.6. The van der Waals surface area contributed by atoms with Crippen molar-refractivity contribution in [2.75, 3.05) is 33.3 Å². The summed E-state index contributed by atoms with van der Waals surface area (Å²) in [6.45, 7) is 3.66. The first-order valence-corrected chi connectivity index (χ1v) is 10.6. The summed E-state index contributed by atoms with van der Waals surface area (Å²) in [6.07, 6.45) is 6.72. The second kappa shape index (κ2) is 8.72. The maximum absolute atomic E-state index is 13.2. The Morgan fingerprint density at radius 2 is 1.74 bits per heavy atom. The fourth-order valence-electron chi connectivity index (χ4n) is 5.01. The molecular formula is C22H33N3O2. The molecule has 1 aromatic rings. The van der Waals surface area contributed by atoms with E-state index in [0.717, 1.165) is 32.5 Å². The highest BCUT2D eigenvalue weighted by Crippen LogP contribution is 2.36. The molecule has 2 saturated heterocycles. The summed E-state index contributed by atoms with van der Waals surface area (Å²) in [6, 6.07) is 11.4. The zero-order valence-electron chi connectivity index (χ0n) is 16.5. The molecule has 4 rings (SSSR count). The van der Waals surface area contributed by atoms with E-state index in [1.54, 1.807) is 0 Å². The number of benzene rings is 1. The summed E-state index contributed by atoms with van der Waals surface area (Å²) in [7, 11) is 2.15. The average Bonchev–Trinajstić information content (AvgIpc) is 3.24. The molecule has 0 aromatic heterocycles. The molecule has 0 unspecified atom stereocenters. The predicted molar refractivity (Wildman–Crippen MR) is 107 cm³/mol. The third-order valence-electron chi connectivity index (χ3n) is 6.55. The van der Waals surface area contributed by atoms with Crippen LogP contribution in [0.1, 0.15) is 50.1 Å². The minimum absolute atomic E-state index is 0.0225. The van der Waals surface area contributed by atoms with Gasteiger partial charge in [-0.2, -0.15) is 0 Å². The van der Waals surface area contributed by atoms with Gasteiger partial charge in [0.1, 0.15) is 0 Å². The second-order valence-electron chi connectivity index (χ2n) is 8.41. The summed E-state index contributed by atoms with van der Waals surface area (Å²) >= 11 is 0. The van der Waals surface area contributed by atoms with Crippen molar-refractivity contribution in [3.63, 3.8) is 0 Å². The number of hydrogen-bond acceptors (Lipinski definition) is 4. The van der Waals surface area contributed by atoms with Crippen LogP contribution >= 0.6 is 0 Å². The molecule has 2 aliphatic heterocycles. The van der Waals surface area contributed by atoms with Gasteiger partial charge in [0.2, 0.25) is 0 Å². The molecule has 5 heteroatoms. The normalized spacial score (nSPS) is 29.1. The number of nitrogens with one attached hydrogen (secondary N) is 1. The zero-order valence-corrected chi connectivity index (χ0v) is 16.5. The molecule has 3 fully saturated rings. The van der Waals surface area contributed by atoms with Gasteiger partial charge >= 0.3 is 0 Å². The topological polar surface area (TPSA) is 44.8 Å². The van der Waals surface area contributed by atoms with Gasteiger partial charge in [0, 0.05) is 18.6 Å². The molecule has 2 heterocycles. The summed E-state index contributed by atoms with van der Waals surface area (Å²) in [5.74, 6) is 0.0705. The van der Waals surface area contributed by atoms with Crippen molar-refractivity contribution in [3.8, 4) is 0 Å². The van der Waals surface area contributed by atoms with Crippen molar-refractivity contribution in [1.82, 2.24) is 15.1 Å². The van der Waals surface area contributed by atoms with Gasteiger partial charge < -0.3 is 15.0 Å². The third kappa shape index (κ3) is 4.36. The van der Waals surface area contributed by atoms with Gasteiger partial charge in [0.25, 0.3) is 5.91 Å². The number of morpholine rings is 1. The predicted octanol–water partition coefficient (Wildman–Crippen LogP) is 2.58. The van der Waals surface area contributed by atoms with Crippen molar-refractivity contribution in [2.24, 2.45) is 0 Å². The first-order chi connectivity index (χ1) is 13.2. The van der Waals surface area contributed by atoms with Crippen molar-refractivity contribution in [1.29, 1.82) is 0 Å². The van der Waals surface area contributed by atoms with Crippen LogP contribution < -0.4 is 5.32 Å². The van der Waals surface area contributed by atoms with Gasteiger partial charge in [-0.05, 0) is 51.4 Å². The lowest BCUT2D eigenvalue weighted by Crippen LogP contribution is -2.56. The number of nitrogens with zero attached hydrogens (tertiary/aromatic N) is 2. The SMILES string of the molecule is CN1CCC(NC(=O)[C@@H]2OCCN(C3CCCC3)[C@H]2c2ccccc2)CC1. The number of likely N-dealkylation sites (tertiary alicyclic amines) is 1. The van der Waals surface area contributed by atoms with E-state index in [4.69, 9.17) is 4.74 Å². The van der Waals surface area contributed by atoms with Gasteiger partial charge in [-0.25, -0.2) is 0 Å². The fourth-order valence-corrected chi connectivity index (χ4v) is 5.01. The van der Waals surface area contributed by atoms with Gasteiger partial charge in [-0.15, -0.1) is 0 Å². The Balaban J connectivity index is 1.52. The summed E-state index contributed by atoms with van der Waals surface area (Å²) in [5, 5.41) is 3.30. The lowest BCUT2D eigenvalue weighted by atomic mass is 9.94.